The number of carbonyl (C=O) groups is 2. The van der Waals surface area contributed by atoms with Gasteiger partial charge < -0.3 is 14.6 Å². The van der Waals surface area contributed by atoms with E-state index in [0.29, 0.717) is 21.8 Å². The smallest absolute Gasteiger partial charge is 0.408 e. The fourth-order valence-electron chi connectivity index (χ4n) is 2.59. The maximum absolute atomic E-state index is 12.4. The van der Waals surface area contributed by atoms with Gasteiger partial charge in [-0.05, 0) is 31.2 Å². The van der Waals surface area contributed by atoms with E-state index in [2.05, 4.69) is 5.32 Å². The number of likely N-dealkylation sites (N-methyl/N-ethyl adjacent to an activating group) is 1. The minimum atomic E-state index is -0.655. The average Bonchev–Trinajstić information content (AvgIpc) is 2.91. The first-order chi connectivity index (χ1) is 12.8. The van der Waals surface area contributed by atoms with E-state index in [0.717, 1.165) is 5.56 Å². The molecule has 3 aromatic rings. The van der Waals surface area contributed by atoms with Gasteiger partial charge in [0.15, 0.2) is 5.58 Å². The van der Waals surface area contributed by atoms with Crippen LogP contribution in [-0.2, 0) is 16.1 Å². The van der Waals surface area contributed by atoms with Crippen LogP contribution in [0, 0.1) is 6.92 Å². The number of nitrogens with zero attached hydrogens (tertiary/aromatic N) is 2. The number of hydrogen-bond acceptors (Lipinski definition) is 4. The highest BCUT2D eigenvalue weighted by molar-refractivity contribution is 6.31. The molecule has 1 aromatic heterocycles. The summed E-state index contributed by atoms with van der Waals surface area (Å²) >= 11 is 5.88. The zero-order valence-corrected chi connectivity index (χ0v) is 15.6. The van der Waals surface area contributed by atoms with E-state index in [1.807, 2.05) is 19.1 Å². The summed E-state index contributed by atoms with van der Waals surface area (Å²) in [6.45, 7) is 1.58. The van der Waals surface area contributed by atoms with Gasteiger partial charge >= 0.3 is 5.76 Å². The quantitative estimate of drug-likeness (QED) is 0.729. The van der Waals surface area contributed by atoms with Gasteiger partial charge in [-0.15, -0.1) is 0 Å². The molecule has 1 N–H and O–H groups in total. The van der Waals surface area contributed by atoms with E-state index < -0.39 is 11.7 Å². The second-order valence-corrected chi connectivity index (χ2v) is 6.67. The standard InChI is InChI=1S/C19H18ClN3O4/c1-12-3-6-14(7-4-12)21-17(24)10-22(2)18(25)11-23-15-8-5-13(20)9-16(15)27-19(23)26/h3-9H,10-11H2,1-2H3,(H,21,24). The largest absolute Gasteiger partial charge is 0.420 e. The van der Waals surface area contributed by atoms with Crippen LogP contribution in [0.5, 0.6) is 0 Å². The van der Waals surface area contributed by atoms with Crippen LogP contribution >= 0.6 is 11.6 Å². The monoisotopic (exact) mass is 387 g/mol. The van der Waals surface area contributed by atoms with Gasteiger partial charge in [0.25, 0.3) is 0 Å². The molecule has 0 aliphatic carbocycles. The fourth-order valence-corrected chi connectivity index (χ4v) is 2.75. The molecule has 7 nitrogen and oxygen atoms in total. The van der Waals surface area contributed by atoms with Crippen molar-refractivity contribution in [2.45, 2.75) is 13.5 Å². The Bertz CT molecular complexity index is 1050. The Labute approximate surface area is 160 Å². The lowest BCUT2D eigenvalue weighted by Gasteiger charge is -2.17. The predicted octanol–water partition coefficient (Wildman–Crippen LogP) is 2.65. The molecule has 0 fully saturated rings. The maximum atomic E-state index is 12.4. The predicted molar refractivity (Wildman–Crippen MR) is 103 cm³/mol. The van der Waals surface area contributed by atoms with Gasteiger partial charge in [0.2, 0.25) is 11.8 Å². The topological polar surface area (TPSA) is 84.5 Å². The third-order valence-electron chi connectivity index (χ3n) is 4.07. The maximum Gasteiger partial charge on any atom is 0.420 e. The second kappa shape index (κ2) is 7.67. The highest BCUT2D eigenvalue weighted by Gasteiger charge is 2.17. The molecule has 27 heavy (non-hydrogen) atoms. The molecular formula is C19H18ClN3O4. The molecular weight excluding hydrogens is 370 g/mol. The minimum absolute atomic E-state index is 0.136. The van der Waals surface area contributed by atoms with E-state index in [9.17, 15) is 14.4 Å². The number of halogens is 1. The summed E-state index contributed by atoms with van der Waals surface area (Å²) in [6.07, 6.45) is 0. The Hall–Kier alpha value is -3.06. The molecule has 3 rings (SSSR count). The summed E-state index contributed by atoms with van der Waals surface area (Å²) in [5.41, 5.74) is 2.51. The van der Waals surface area contributed by atoms with Crippen molar-refractivity contribution in [1.29, 1.82) is 0 Å². The van der Waals surface area contributed by atoms with Crippen LogP contribution in [0.15, 0.2) is 51.7 Å². The number of hydrogen-bond donors (Lipinski definition) is 1. The Morgan fingerprint density at radius 1 is 1.19 bits per heavy atom. The van der Waals surface area contributed by atoms with Gasteiger partial charge in [-0.1, -0.05) is 29.3 Å². The Morgan fingerprint density at radius 3 is 2.59 bits per heavy atom. The normalized spacial score (nSPS) is 10.8. The van der Waals surface area contributed by atoms with Gasteiger partial charge in [-0.25, -0.2) is 4.79 Å². The van der Waals surface area contributed by atoms with Crippen molar-refractivity contribution in [3.63, 3.8) is 0 Å². The molecule has 8 heteroatoms. The summed E-state index contributed by atoms with van der Waals surface area (Å²) in [5.74, 6) is -1.38. The lowest BCUT2D eigenvalue weighted by molar-refractivity contribution is -0.133. The molecule has 140 valence electrons. The minimum Gasteiger partial charge on any atom is -0.408 e. The van der Waals surface area contributed by atoms with Crippen molar-refractivity contribution in [2.24, 2.45) is 0 Å². The Kier molecular flexibility index (Phi) is 5.32. The molecule has 0 aliphatic heterocycles. The Balaban J connectivity index is 1.65. The lowest BCUT2D eigenvalue weighted by Crippen LogP contribution is -2.38. The molecule has 2 aromatic carbocycles. The number of aromatic nitrogens is 1. The molecule has 0 unspecified atom stereocenters. The number of nitrogens with one attached hydrogen (secondary N) is 1. The highest BCUT2D eigenvalue weighted by Crippen LogP contribution is 2.18. The summed E-state index contributed by atoms with van der Waals surface area (Å²) in [7, 11) is 1.50. The third-order valence-corrected chi connectivity index (χ3v) is 4.30. The first-order valence-corrected chi connectivity index (χ1v) is 8.60. The van der Waals surface area contributed by atoms with Crippen LogP contribution in [-0.4, -0.2) is 34.9 Å². The number of aryl methyl sites for hydroxylation is 1. The first kappa shape index (κ1) is 18.7. The van der Waals surface area contributed by atoms with Crippen molar-refractivity contribution in [2.75, 3.05) is 18.9 Å². The van der Waals surface area contributed by atoms with Crippen molar-refractivity contribution in [1.82, 2.24) is 9.47 Å². The van der Waals surface area contributed by atoms with Crippen molar-refractivity contribution < 1.29 is 14.0 Å². The molecule has 1 heterocycles. The van der Waals surface area contributed by atoms with Crippen LogP contribution in [0.2, 0.25) is 5.02 Å². The molecule has 0 radical (unpaired) electrons. The highest BCUT2D eigenvalue weighted by atomic mass is 35.5. The van der Waals surface area contributed by atoms with Crippen molar-refractivity contribution in [3.8, 4) is 0 Å². The lowest BCUT2D eigenvalue weighted by atomic mass is 10.2. The number of anilines is 1. The number of carbonyl (C=O) groups excluding carboxylic acids is 2. The number of rotatable bonds is 5. The first-order valence-electron chi connectivity index (χ1n) is 8.23. The number of oxazole rings is 1. The molecule has 0 saturated carbocycles. The molecule has 2 amide bonds. The van der Waals surface area contributed by atoms with E-state index in [-0.39, 0.29) is 19.0 Å². The molecule has 0 atom stereocenters. The zero-order valence-electron chi connectivity index (χ0n) is 14.9. The van der Waals surface area contributed by atoms with Crippen LogP contribution in [0.25, 0.3) is 11.1 Å². The van der Waals surface area contributed by atoms with Gasteiger partial charge in [0, 0.05) is 23.8 Å². The second-order valence-electron chi connectivity index (χ2n) is 6.23. The SMILES string of the molecule is Cc1ccc(NC(=O)CN(C)C(=O)Cn2c(=O)oc3cc(Cl)ccc32)cc1. The van der Waals surface area contributed by atoms with Gasteiger partial charge in [-0.3, -0.25) is 14.2 Å². The molecule has 0 saturated heterocycles. The third kappa shape index (κ3) is 4.38. The Morgan fingerprint density at radius 2 is 1.89 bits per heavy atom. The summed E-state index contributed by atoms with van der Waals surface area (Å²) in [6, 6.07) is 12.1. The van der Waals surface area contributed by atoms with Crippen molar-refractivity contribution >= 4 is 40.2 Å². The summed E-state index contributed by atoms with van der Waals surface area (Å²) < 4.78 is 6.31. The van der Waals surface area contributed by atoms with Gasteiger partial charge in [0.1, 0.15) is 6.54 Å². The molecule has 0 bridgehead atoms. The van der Waals surface area contributed by atoms with Crippen LogP contribution in [0.4, 0.5) is 5.69 Å². The van der Waals surface area contributed by atoms with E-state index in [1.165, 1.54) is 22.6 Å². The number of amides is 2. The fraction of sp³-hybridized carbons (Fsp3) is 0.211. The van der Waals surface area contributed by atoms with Crippen LogP contribution in [0.1, 0.15) is 5.56 Å². The zero-order chi connectivity index (χ0) is 19.6. The molecule has 0 aliphatic rings. The van der Waals surface area contributed by atoms with Gasteiger partial charge in [-0.2, -0.15) is 0 Å². The van der Waals surface area contributed by atoms with Gasteiger partial charge in [0.05, 0.1) is 12.1 Å². The summed E-state index contributed by atoms with van der Waals surface area (Å²) in [4.78, 5) is 37.8. The van der Waals surface area contributed by atoms with E-state index in [4.69, 9.17) is 16.0 Å². The number of fused-ring (bicyclic) bond motifs is 1. The van der Waals surface area contributed by atoms with E-state index in [1.54, 1.807) is 24.3 Å². The van der Waals surface area contributed by atoms with E-state index >= 15 is 0 Å². The molecule has 0 spiro atoms. The number of benzene rings is 2. The summed E-state index contributed by atoms with van der Waals surface area (Å²) in [5, 5.41) is 3.16. The average molecular weight is 388 g/mol. The van der Waals surface area contributed by atoms with Crippen LogP contribution in [0.3, 0.4) is 0 Å². The van der Waals surface area contributed by atoms with Crippen molar-refractivity contribution in [3.05, 3.63) is 63.6 Å². The van der Waals surface area contributed by atoms with Crippen LogP contribution < -0.4 is 11.1 Å².